The van der Waals surface area contributed by atoms with Gasteiger partial charge in [0.15, 0.2) is 11.0 Å². The molecule has 0 saturated heterocycles. The third kappa shape index (κ3) is 6.10. The molecule has 1 aromatic heterocycles. The van der Waals surface area contributed by atoms with Crippen molar-refractivity contribution in [3.05, 3.63) is 49.1 Å². The van der Waals surface area contributed by atoms with Gasteiger partial charge in [0.2, 0.25) is 0 Å². The van der Waals surface area contributed by atoms with E-state index in [0.717, 1.165) is 24.3 Å². The molecule has 2 N–H and O–H groups in total. The average molecular weight is 663 g/mol. The predicted octanol–water partition coefficient (Wildman–Crippen LogP) is 4.13. The molecule has 0 bridgehead atoms. The first-order chi connectivity index (χ1) is 14.9. The molecule has 1 heterocycles. The van der Waals surface area contributed by atoms with E-state index in [4.69, 9.17) is 4.74 Å². The number of halogens is 2. The third-order valence-electron chi connectivity index (χ3n) is 4.16. The standard InChI is InChI=1S/C20H19I2N5O3S/c1-3-27-19(12-4-6-15(30-2)7-5-12)25-26-20(27)31-11-17(28)24-23-10-13-8-14(21)9-16(22)18(13)29/h4-10,29H,3,11H2,1-2H3,(H,24,28)/b23-10+. The van der Waals surface area contributed by atoms with Gasteiger partial charge in [-0.25, -0.2) is 5.43 Å². The summed E-state index contributed by atoms with van der Waals surface area (Å²) in [6.07, 6.45) is 1.43. The predicted molar refractivity (Wildman–Crippen MR) is 138 cm³/mol. The number of hydrazone groups is 1. The molecule has 2 aromatic carbocycles. The summed E-state index contributed by atoms with van der Waals surface area (Å²) < 4.78 is 8.84. The van der Waals surface area contributed by atoms with Crippen molar-refractivity contribution in [3.8, 4) is 22.9 Å². The van der Waals surface area contributed by atoms with Crippen LogP contribution in [0, 0.1) is 7.14 Å². The highest BCUT2D eigenvalue weighted by atomic mass is 127. The van der Waals surface area contributed by atoms with Crippen LogP contribution >= 0.6 is 56.9 Å². The number of nitrogens with one attached hydrogen (secondary N) is 1. The van der Waals surface area contributed by atoms with E-state index in [-0.39, 0.29) is 17.4 Å². The molecule has 0 radical (unpaired) electrons. The Labute approximate surface area is 211 Å². The van der Waals surface area contributed by atoms with E-state index in [9.17, 15) is 9.90 Å². The van der Waals surface area contributed by atoms with Crippen molar-refractivity contribution in [1.82, 2.24) is 20.2 Å². The summed E-state index contributed by atoms with van der Waals surface area (Å²) in [6, 6.07) is 11.2. The number of nitrogens with zero attached hydrogens (tertiary/aromatic N) is 4. The van der Waals surface area contributed by atoms with Gasteiger partial charge in [0.05, 0.1) is 22.6 Å². The Morgan fingerprint density at radius 1 is 1.29 bits per heavy atom. The van der Waals surface area contributed by atoms with E-state index in [1.54, 1.807) is 13.2 Å². The molecule has 3 rings (SSSR count). The number of aromatic nitrogens is 3. The first kappa shape index (κ1) is 23.8. The minimum absolute atomic E-state index is 0.133. The van der Waals surface area contributed by atoms with Gasteiger partial charge in [-0.1, -0.05) is 11.8 Å². The van der Waals surface area contributed by atoms with E-state index in [2.05, 4.69) is 43.3 Å². The van der Waals surface area contributed by atoms with Crippen molar-refractivity contribution in [2.75, 3.05) is 12.9 Å². The summed E-state index contributed by atoms with van der Waals surface area (Å²) in [4.78, 5) is 12.2. The zero-order valence-corrected chi connectivity index (χ0v) is 21.8. The molecule has 162 valence electrons. The van der Waals surface area contributed by atoms with Crippen LogP contribution in [0.5, 0.6) is 11.5 Å². The maximum atomic E-state index is 12.2. The fourth-order valence-electron chi connectivity index (χ4n) is 2.65. The molecular weight excluding hydrogens is 644 g/mol. The average Bonchev–Trinajstić information content (AvgIpc) is 3.18. The van der Waals surface area contributed by atoms with Crippen molar-refractivity contribution in [1.29, 1.82) is 0 Å². The first-order valence-electron chi connectivity index (χ1n) is 9.13. The number of phenolic OH excluding ortho intramolecular Hbond substituents is 1. The number of amides is 1. The van der Waals surface area contributed by atoms with Gasteiger partial charge in [-0.05, 0) is 88.5 Å². The zero-order chi connectivity index (χ0) is 22.4. The Balaban J connectivity index is 1.62. The fourth-order valence-corrected chi connectivity index (χ4v) is 5.34. The van der Waals surface area contributed by atoms with Gasteiger partial charge in [-0.3, -0.25) is 4.79 Å². The highest BCUT2D eigenvalue weighted by Gasteiger charge is 2.14. The van der Waals surface area contributed by atoms with Crippen LogP contribution in [0.2, 0.25) is 0 Å². The van der Waals surface area contributed by atoms with E-state index in [1.165, 1.54) is 18.0 Å². The number of phenols is 1. The van der Waals surface area contributed by atoms with Crippen LogP contribution in [0.1, 0.15) is 12.5 Å². The van der Waals surface area contributed by atoms with Gasteiger partial charge in [-0.15, -0.1) is 10.2 Å². The Morgan fingerprint density at radius 3 is 2.71 bits per heavy atom. The molecule has 0 spiro atoms. The number of benzene rings is 2. The Morgan fingerprint density at radius 2 is 2.03 bits per heavy atom. The van der Waals surface area contributed by atoms with E-state index < -0.39 is 0 Å². The van der Waals surface area contributed by atoms with Crippen LogP contribution in [0.4, 0.5) is 0 Å². The van der Waals surface area contributed by atoms with Gasteiger partial charge >= 0.3 is 0 Å². The van der Waals surface area contributed by atoms with E-state index in [1.807, 2.05) is 64.4 Å². The van der Waals surface area contributed by atoms with Crippen molar-refractivity contribution in [3.63, 3.8) is 0 Å². The van der Waals surface area contributed by atoms with Crippen LogP contribution in [-0.2, 0) is 11.3 Å². The lowest BCUT2D eigenvalue weighted by Crippen LogP contribution is -2.20. The zero-order valence-electron chi connectivity index (χ0n) is 16.7. The lowest BCUT2D eigenvalue weighted by Gasteiger charge is -2.07. The lowest BCUT2D eigenvalue weighted by molar-refractivity contribution is -0.118. The highest BCUT2D eigenvalue weighted by Crippen LogP contribution is 2.26. The number of hydrogen-bond donors (Lipinski definition) is 2. The van der Waals surface area contributed by atoms with Crippen molar-refractivity contribution in [2.24, 2.45) is 5.10 Å². The molecule has 0 saturated carbocycles. The molecule has 11 heteroatoms. The summed E-state index contributed by atoms with van der Waals surface area (Å²) in [5.74, 6) is 1.49. The molecule has 0 aliphatic heterocycles. The summed E-state index contributed by atoms with van der Waals surface area (Å²) in [7, 11) is 1.62. The number of ether oxygens (including phenoxy) is 1. The number of aromatic hydroxyl groups is 1. The number of carbonyl (C=O) groups is 1. The van der Waals surface area contributed by atoms with Crippen LogP contribution in [0.25, 0.3) is 11.4 Å². The Bertz CT molecular complexity index is 1100. The molecule has 31 heavy (non-hydrogen) atoms. The van der Waals surface area contributed by atoms with Gasteiger partial charge in [0, 0.05) is 21.2 Å². The quantitative estimate of drug-likeness (QED) is 0.163. The molecule has 0 atom stereocenters. The van der Waals surface area contributed by atoms with Crippen LogP contribution < -0.4 is 10.2 Å². The summed E-state index contributed by atoms with van der Waals surface area (Å²) in [5.41, 5.74) is 3.94. The van der Waals surface area contributed by atoms with Gasteiger partial charge in [0.1, 0.15) is 11.5 Å². The number of hydrogen-bond acceptors (Lipinski definition) is 7. The smallest absolute Gasteiger partial charge is 0.250 e. The van der Waals surface area contributed by atoms with Gasteiger partial charge in [0.25, 0.3) is 5.91 Å². The minimum Gasteiger partial charge on any atom is -0.506 e. The van der Waals surface area contributed by atoms with Gasteiger partial charge in [-0.2, -0.15) is 5.10 Å². The fraction of sp³-hybridized carbons (Fsp3) is 0.200. The van der Waals surface area contributed by atoms with Crippen molar-refractivity contribution >= 4 is 69.1 Å². The largest absolute Gasteiger partial charge is 0.506 e. The topological polar surface area (TPSA) is 102 Å². The molecule has 0 aliphatic rings. The van der Waals surface area contributed by atoms with Crippen LogP contribution in [0.3, 0.4) is 0 Å². The maximum absolute atomic E-state index is 12.2. The molecule has 1 amide bonds. The molecule has 0 aliphatic carbocycles. The molecule has 0 fully saturated rings. The van der Waals surface area contributed by atoms with Crippen LogP contribution in [-0.4, -0.2) is 44.9 Å². The van der Waals surface area contributed by atoms with Crippen LogP contribution in [0.15, 0.2) is 46.7 Å². The maximum Gasteiger partial charge on any atom is 0.250 e. The van der Waals surface area contributed by atoms with Crippen molar-refractivity contribution < 1.29 is 14.6 Å². The number of rotatable bonds is 8. The first-order valence-corrected chi connectivity index (χ1v) is 12.3. The minimum atomic E-state index is -0.280. The van der Waals surface area contributed by atoms with E-state index >= 15 is 0 Å². The number of methoxy groups -OCH3 is 1. The highest BCUT2D eigenvalue weighted by molar-refractivity contribution is 14.1. The number of carbonyl (C=O) groups excluding carboxylic acids is 1. The molecule has 3 aromatic rings. The summed E-state index contributed by atoms with van der Waals surface area (Å²) in [6.45, 7) is 2.67. The second-order valence-electron chi connectivity index (χ2n) is 6.19. The third-order valence-corrected chi connectivity index (χ3v) is 6.58. The summed E-state index contributed by atoms with van der Waals surface area (Å²) >= 11 is 5.49. The second kappa shape index (κ2) is 11.1. The normalized spacial score (nSPS) is 11.1. The Hall–Kier alpha value is -1.87. The molecular formula is C20H19I2N5O3S. The molecule has 0 unspecified atom stereocenters. The van der Waals surface area contributed by atoms with Crippen molar-refractivity contribution in [2.45, 2.75) is 18.6 Å². The lowest BCUT2D eigenvalue weighted by atomic mass is 10.2. The number of thioether (sulfide) groups is 1. The monoisotopic (exact) mass is 663 g/mol. The van der Waals surface area contributed by atoms with E-state index in [0.29, 0.717) is 17.3 Å². The summed E-state index contributed by atoms with van der Waals surface area (Å²) in [5, 5.41) is 23.2. The Kier molecular flexibility index (Phi) is 8.54. The second-order valence-corrected chi connectivity index (χ2v) is 9.54. The SMILES string of the molecule is CCn1c(SCC(=O)N/N=C/c2cc(I)cc(I)c2O)nnc1-c1ccc(OC)cc1. The van der Waals surface area contributed by atoms with Gasteiger partial charge < -0.3 is 14.4 Å². The molecule has 8 nitrogen and oxygen atoms in total.